The van der Waals surface area contributed by atoms with Crippen molar-refractivity contribution < 1.29 is 19.1 Å². The molecule has 1 fully saturated rings. The quantitative estimate of drug-likeness (QED) is 0.475. The summed E-state index contributed by atoms with van der Waals surface area (Å²) in [5.41, 5.74) is 3.82. The van der Waals surface area contributed by atoms with Gasteiger partial charge in [0, 0.05) is 18.0 Å². The average Bonchev–Trinajstić information content (AvgIpc) is 2.95. The molecule has 28 heavy (non-hydrogen) atoms. The van der Waals surface area contributed by atoms with Gasteiger partial charge in [-0.05, 0) is 49.8 Å². The zero-order valence-electron chi connectivity index (χ0n) is 16.3. The van der Waals surface area contributed by atoms with Crippen LogP contribution in [0.3, 0.4) is 0 Å². The van der Waals surface area contributed by atoms with Crippen molar-refractivity contribution in [2.75, 3.05) is 6.61 Å². The first-order valence-corrected chi connectivity index (χ1v) is 9.72. The predicted octanol–water partition coefficient (Wildman–Crippen LogP) is 4.46. The fraction of sp³-hybridized carbons (Fsp3) is 0.391. The number of carbonyl (C=O) groups is 2. The van der Waals surface area contributed by atoms with Crippen LogP contribution in [-0.4, -0.2) is 24.8 Å². The molecule has 0 saturated carbocycles. The maximum Gasteiger partial charge on any atom is 0.407 e. The molecular weight excluding hydrogens is 354 g/mol. The summed E-state index contributed by atoms with van der Waals surface area (Å²) in [6, 6.07) is 9.71. The second-order valence-corrected chi connectivity index (χ2v) is 7.37. The van der Waals surface area contributed by atoms with E-state index in [9.17, 15) is 9.59 Å². The maximum atomic E-state index is 12.0. The molecule has 1 N–H and O–H groups in total. The van der Waals surface area contributed by atoms with E-state index in [1.807, 2.05) is 36.4 Å². The van der Waals surface area contributed by atoms with Gasteiger partial charge >= 0.3 is 12.1 Å². The number of alkyl carbamates (subject to hydrolysis) is 1. The summed E-state index contributed by atoms with van der Waals surface area (Å²) in [5, 5.41) is 2.77. The van der Waals surface area contributed by atoms with E-state index < -0.39 is 6.09 Å². The molecule has 148 valence electrons. The van der Waals surface area contributed by atoms with E-state index in [0.29, 0.717) is 12.1 Å². The molecule has 0 bridgehead atoms. The van der Waals surface area contributed by atoms with E-state index in [4.69, 9.17) is 9.47 Å². The summed E-state index contributed by atoms with van der Waals surface area (Å²) in [5.74, 6) is -0.323. The Bertz CT molecular complexity index is 794. The molecule has 2 aliphatic rings. The minimum absolute atomic E-state index is 0.0177. The molecule has 1 aromatic carbocycles. The summed E-state index contributed by atoms with van der Waals surface area (Å²) in [7, 11) is 0. The first-order valence-electron chi connectivity index (χ1n) is 9.72. The largest absolute Gasteiger partial charge is 0.454 e. The summed E-state index contributed by atoms with van der Waals surface area (Å²) >= 11 is 0. The standard InChI is InChI=1S/C23H27NO4/c1-16-7-6-10-19(11-12-20-17(2)22(25)28-21(20)13-16)15-27-23(26)24-14-18-8-4-3-5-9-18/h3-5,8-10,13,20-21H,2,6-7,11-12,14-15H2,1H3,(H,24,26)/t20?,21-/m1/s1. The van der Waals surface area contributed by atoms with Gasteiger partial charge in [0.1, 0.15) is 12.7 Å². The van der Waals surface area contributed by atoms with Crippen molar-refractivity contribution in [3.05, 3.63) is 71.3 Å². The molecule has 3 rings (SSSR count). The highest BCUT2D eigenvalue weighted by molar-refractivity contribution is 5.91. The van der Waals surface area contributed by atoms with E-state index in [2.05, 4.69) is 24.9 Å². The third-order valence-electron chi connectivity index (χ3n) is 5.21. The van der Waals surface area contributed by atoms with Crippen LogP contribution in [0.2, 0.25) is 0 Å². The molecule has 1 aromatic rings. The molecule has 1 heterocycles. The predicted molar refractivity (Wildman–Crippen MR) is 107 cm³/mol. The van der Waals surface area contributed by atoms with E-state index >= 15 is 0 Å². The first kappa shape index (κ1) is 19.9. The van der Waals surface area contributed by atoms with Crippen LogP contribution in [-0.2, 0) is 20.8 Å². The van der Waals surface area contributed by atoms with Crippen molar-refractivity contribution >= 4 is 12.1 Å². The Morgan fingerprint density at radius 2 is 2.07 bits per heavy atom. The van der Waals surface area contributed by atoms with Crippen molar-refractivity contribution in [2.45, 2.75) is 45.3 Å². The molecule has 5 heteroatoms. The summed E-state index contributed by atoms with van der Waals surface area (Å²) in [4.78, 5) is 23.9. The number of fused-ring (bicyclic) bond motifs is 1. The highest BCUT2D eigenvalue weighted by Gasteiger charge is 2.37. The highest BCUT2D eigenvalue weighted by Crippen LogP contribution is 2.34. The van der Waals surface area contributed by atoms with Gasteiger partial charge < -0.3 is 14.8 Å². The topological polar surface area (TPSA) is 64.6 Å². The van der Waals surface area contributed by atoms with Crippen LogP contribution < -0.4 is 5.32 Å². The number of rotatable bonds is 4. The van der Waals surface area contributed by atoms with Gasteiger partial charge in [-0.25, -0.2) is 9.59 Å². The molecule has 5 nitrogen and oxygen atoms in total. The monoisotopic (exact) mass is 381 g/mol. The number of allylic oxidation sites excluding steroid dienone is 2. The fourth-order valence-corrected chi connectivity index (χ4v) is 3.54. The van der Waals surface area contributed by atoms with E-state index in [1.54, 1.807) is 0 Å². The van der Waals surface area contributed by atoms with Crippen molar-refractivity contribution in [1.29, 1.82) is 0 Å². The summed E-state index contributed by atoms with van der Waals surface area (Å²) in [6.45, 7) is 6.64. The number of hydrogen-bond donors (Lipinski definition) is 1. The molecule has 0 spiro atoms. The molecule has 1 amide bonds. The van der Waals surface area contributed by atoms with E-state index in [1.165, 1.54) is 5.57 Å². The Morgan fingerprint density at radius 1 is 1.29 bits per heavy atom. The lowest BCUT2D eigenvalue weighted by molar-refractivity contribution is -0.137. The fourth-order valence-electron chi connectivity index (χ4n) is 3.54. The second kappa shape index (κ2) is 9.40. The third kappa shape index (κ3) is 5.35. The molecule has 2 atom stereocenters. The Balaban J connectivity index is 1.54. The lowest BCUT2D eigenvalue weighted by Crippen LogP contribution is -2.24. The lowest BCUT2D eigenvalue weighted by Gasteiger charge is -2.18. The van der Waals surface area contributed by atoms with Crippen LogP contribution in [0.15, 0.2) is 65.8 Å². The van der Waals surface area contributed by atoms with Crippen LogP contribution in [0, 0.1) is 5.92 Å². The van der Waals surface area contributed by atoms with Crippen LogP contribution in [0.25, 0.3) is 0 Å². The summed E-state index contributed by atoms with van der Waals surface area (Å²) < 4.78 is 10.9. The zero-order valence-corrected chi connectivity index (χ0v) is 16.3. The first-order chi connectivity index (χ1) is 13.5. The molecule has 1 unspecified atom stereocenters. The Labute approximate surface area is 166 Å². The number of ether oxygens (including phenoxy) is 2. The SMILES string of the molecule is C=C1C(=O)O[C@@H]2C=C(C)CCC=C(COC(=O)NCc3ccccc3)CCC12. The second-order valence-electron chi connectivity index (χ2n) is 7.37. The maximum absolute atomic E-state index is 12.0. The highest BCUT2D eigenvalue weighted by atomic mass is 16.6. The number of carbonyl (C=O) groups excluding carboxylic acids is 2. The van der Waals surface area contributed by atoms with Crippen molar-refractivity contribution in [3.63, 3.8) is 0 Å². The normalized spacial score (nSPS) is 22.5. The van der Waals surface area contributed by atoms with Crippen molar-refractivity contribution in [2.24, 2.45) is 5.92 Å². The van der Waals surface area contributed by atoms with Crippen LogP contribution in [0.5, 0.6) is 0 Å². The third-order valence-corrected chi connectivity index (χ3v) is 5.21. The van der Waals surface area contributed by atoms with Crippen LogP contribution in [0.1, 0.15) is 38.2 Å². The van der Waals surface area contributed by atoms with Gasteiger partial charge in [0.15, 0.2) is 0 Å². The van der Waals surface area contributed by atoms with Gasteiger partial charge in [-0.15, -0.1) is 0 Å². The van der Waals surface area contributed by atoms with Crippen molar-refractivity contribution in [3.8, 4) is 0 Å². The minimum atomic E-state index is -0.431. The Morgan fingerprint density at radius 3 is 2.86 bits per heavy atom. The van der Waals surface area contributed by atoms with E-state index in [-0.39, 0.29) is 24.6 Å². The average molecular weight is 381 g/mol. The zero-order chi connectivity index (χ0) is 19.9. The lowest BCUT2D eigenvalue weighted by atomic mass is 9.88. The van der Waals surface area contributed by atoms with Gasteiger partial charge in [0.25, 0.3) is 0 Å². The number of amides is 1. The Hall–Kier alpha value is -2.82. The van der Waals surface area contributed by atoms with Gasteiger partial charge in [-0.2, -0.15) is 0 Å². The van der Waals surface area contributed by atoms with Gasteiger partial charge in [0.05, 0.1) is 0 Å². The van der Waals surface area contributed by atoms with Gasteiger partial charge in [-0.3, -0.25) is 0 Å². The smallest absolute Gasteiger partial charge is 0.407 e. The van der Waals surface area contributed by atoms with Crippen molar-refractivity contribution in [1.82, 2.24) is 5.32 Å². The van der Waals surface area contributed by atoms with E-state index in [0.717, 1.165) is 36.8 Å². The molecule has 0 radical (unpaired) electrons. The van der Waals surface area contributed by atoms with Gasteiger partial charge in [0.2, 0.25) is 0 Å². The molecule has 1 aliphatic carbocycles. The summed E-state index contributed by atoms with van der Waals surface area (Å²) in [6.07, 6.45) is 6.79. The molecule has 0 aromatic heterocycles. The van der Waals surface area contributed by atoms with Gasteiger partial charge in [-0.1, -0.05) is 48.6 Å². The number of hydrogen-bond acceptors (Lipinski definition) is 4. The number of esters is 1. The van der Waals surface area contributed by atoms with Crippen LogP contribution >= 0.6 is 0 Å². The molecule has 1 aliphatic heterocycles. The van der Waals surface area contributed by atoms with Crippen LogP contribution in [0.4, 0.5) is 4.79 Å². The molecular formula is C23H27NO4. The minimum Gasteiger partial charge on any atom is -0.454 e. The number of nitrogens with one attached hydrogen (secondary N) is 1. The molecule has 1 saturated heterocycles. The number of benzene rings is 1. The Kier molecular flexibility index (Phi) is 6.69.